The molecule has 2 N–H and O–H groups in total. The van der Waals surface area contributed by atoms with Gasteiger partial charge in [0.05, 0.1) is 7.11 Å². The second-order valence-electron chi connectivity index (χ2n) is 4.84. The number of aryl methyl sites for hydroxylation is 1. The van der Waals surface area contributed by atoms with Crippen LogP contribution in [0.25, 0.3) is 0 Å². The summed E-state index contributed by atoms with van der Waals surface area (Å²) in [5.74, 6) is 1.49. The van der Waals surface area contributed by atoms with E-state index in [9.17, 15) is 0 Å². The third-order valence-corrected chi connectivity index (χ3v) is 2.94. The standard InChI is InChI=1S/C14H24N2O/c1-11(8-15)9-16(3)10-13-5-6-14(17-4)12(2)7-13/h5-7,11H,8-10,15H2,1-4H3. The highest BCUT2D eigenvalue weighted by Gasteiger charge is 2.06. The van der Waals surface area contributed by atoms with Gasteiger partial charge in [-0.2, -0.15) is 0 Å². The summed E-state index contributed by atoms with van der Waals surface area (Å²) in [5.41, 5.74) is 8.13. The SMILES string of the molecule is COc1ccc(CN(C)CC(C)CN)cc1C. The fourth-order valence-electron chi connectivity index (χ4n) is 2.02. The third kappa shape index (κ3) is 4.36. The fraction of sp³-hybridized carbons (Fsp3) is 0.571. The van der Waals surface area contributed by atoms with Crippen molar-refractivity contribution in [3.8, 4) is 5.75 Å². The number of rotatable bonds is 6. The highest BCUT2D eigenvalue weighted by atomic mass is 16.5. The number of hydrogen-bond acceptors (Lipinski definition) is 3. The molecule has 0 heterocycles. The van der Waals surface area contributed by atoms with Gasteiger partial charge in [0.15, 0.2) is 0 Å². The lowest BCUT2D eigenvalue weighted by atomic mass is 10.1. The Morgan fingerprint density at radius 3 is 2.65 bits per heavy atom. The van der Waals surface area contributed by atoms with E-state index >= 15 is 0 Å². The lowest BCUT2D eigenvalue weighted by Gasteiger charge is -2.20. The molecule has 3 heteroatoms. The number of nitrogens with two attached hydrogens (primary N) is 1. The minimum atomic E-state index is 0.541. The van der Waals surface area contributed by atoms with Crippen LogP contribution >= 0.6 is 0 Å². The van der Waals surface area contributed by atoms with Gasteiger partial charge in [-0.1, -0.05) is 19.1 Å². The van der Waals surface area contributed by atoms with Gasteiger partial charge in [0.2, 0.25) is 0 Å². The van der Waals surface area contributed by atoms with Crippen LogP contribution in [0.1, 0.15) is 18.1 Å². The van der Waals surface area contributed by atoms with Gasteiger partial charge in [-0.3, -0.25) is 0 Å². The molecule has 1 aromatic rings. The van der Waals surface area contributed by atoms with Gasteiger partial charge in [-0.05, 0) is 43.6 Å². The number of benzene rings is 1. The topological polar surface area (TPSA) is 38.5 Å². The highest BCUT2D eigenvalue weighted by Crippen LogP contribution is 2.19. The lowest BCUT2D eigenvalue weighted by molar-refractivity contribution is 0.282. The molecule has 17 heavy (non-hydrogen) atoms. The Kier molecular flexibility index (Phi) is 5.45. The van der Waals surface area contributed by atoms with Crippen molar-refractivity contribution in [2.24, 2.45) is 11.7 Å². The van der Waals surface area contributed by atoms with Gasteiger partial charge < -0.3 is 15.4 Å². The molecule has 0 saturated heterocycles. The second-order valence-corrected chi connectivity index (χ2v) is 4.84. The predicted molar refractivity (Wildman–Crippen MR) is 72.3 cm³/mol. The van der Waals surface area contributed by atoms with Crippen molar-refractivity contribution in [1.29, 1.82) is 0 Å². The van der Waals surface area contributed by atoms with Crippen molar-refractivity contribution in [1.82, 2.24) is 4.90 Å². The second kappa shape index (κ2) is 6.62. The first kappa shape index (κ1) is 14.0. The maximum Gasteiger partial charge on any atom is 0.121 e. The first-order valence-corrected chi connectivity index (χ1v) is 6.09. The number of ether oxygens (including phenoxy) is 1. The average Bonchev–Trinajstić information content (AvgIpc) is 2.29. The van der Waals surface area contributed by atoms with Gasteiger partial charge in [0, 0.05) is 13.1 Å². The minimum Gasteiger partial charge on any atom is -0.496 e. The van der Waals surface area contributed by atoms with Crippen molar-refractivity contribution >= 4 is 0 Å². The van der Waals surface area contributed by atoms with Crippen LogP contribution in [0.4, 0.5) is 0 Å². The van der Waals surface area contributed by atoms with Crippen LogP contribution < -0.4 is 10.5 Å². The average molecular weight is 236 g/mol. The molecule has 1 unspecified atom stereocenters. The molecule has 1 atom stereocenters. The Labute approximate surface area is 105 Å². The van der Waals surface area contributed by atoms with Crippen LogP contribution in [0.5, 0.6) is 5.75 Å². The van der Waals surface area contributed by atoms with E-state index in [-0.39, 0.29) is 0 Å². The predicted octanol–water partition coefficient (Wildman–Crippen LogP) is 2.03. The van der Waals surface area contributed by atoms with E-state index in [1.165, 1.54) is 11.1 Å². The molecule has 96 valence electrons. The number of methoxy groups -OCH3 is 1. The van der Waals surface area contributed by atoms with Gasteiger partial charge in [0.1, 0.15) is 5.75 Å². The molecule has 0 amide bonds. The molecule has 0 spiro atoms. The smallest absolute Gasteiger partial charge is 0.121 e. The van der Waals surface area contributed by atoms with Crippen LogP contribution in [-0.2, 0) is 6.54 Å². The van der Waals surface area contributed by atoms with Gasteiger partial charge in [-0.25, -0.2) is 0 Å². The summed E-state index contributed by atoms with van der Waals surface area (Å²) in [6.07, 6.45) is 0. The Morgan fingerprint density at radius 1 is 1.41 bits per heavy atom. The minimum absolute atomic E-state index is 0.541. The van der Waals surface area contributed by atoms with Crippen LogP contribution in [0.2, 0.25) is 0 Å². The Balaban J connectivity index is 2.59. The summed E-state index contributed by atoms with van der Waals surface area (Å²) in [6, 6.07) is 6.34. The number of nitrogens with zero attached hydrogens (tertiary/aromatic N) is 1. The van der Waals surface area contributed by atoms with E-state index in [1.807, 2.05) is 6.07 Å². The van der Waals surface area contributed by atoms with Crippen molar-refractivity contribution in [2.75, 3.05) is 27.2 Å². The summed E-state index contributed by atoms with van der Waals surface area (Å²) in [4.78, 5) is 2.30. The molecule has 0 bridgehead atoms. The summed E-state index contributed by atoms with van der Waals surface area (Å²) in [7, 11) is 3.84. The third-order valence-electron chi connectivity index (χ3n) is 2.94. The number of hydrogen-bond donors (Lipinski definition) is 1. The molecule has 0 fully saturated rings. The molecular formula is C14H24N2O. The van der Waals surface area contributed by atoms with Crippen molar-refractivity contribution in [3.05, 3.63) is 29.3 Å². The lowest BCUT2D eigenvalue weighted by Crippen LogP contribution is -2.28. The van der Waals surface area contributed by atoms with Crippen LogP contribution in [0, 0.1) is 12.8 Å². The van der Waals surface area contributed by atoms with E-state index in [2.05, 4.69) is 37.9 Å². The van der Waals surface area contributed by atoms with E-state index in [1.54, 1.807) is 7.11 Å². The van der Waals surface area contributed by atoms with Gasteiger partial charge >= 0.3 is 0 Å². The molecule has 1 rings (SSSR count). The largest absolute Gasteiger partial charge is 0.496 e. The molecule has 0 aliphatic carbocycles. The van der Waals surface area contributed by atoms with Crippen LogP contribution in [0.15, 0.2) is 18.2 Å². The van der Waals surface area contributed by atoms with Crippen LogP contribution in [0.3, 0.4) is 0 Å². The van der Waals surface area contributed by atoms with E-state index in [0.717, 1.165) is 25.4 Å². The first-order chi connectivity index (χ1) is 8.06. The Hall–Kier alpha value is -1.06. The fourth-order valence-corrected chi connectivity index (χ4v) is 2.02. The maximum atomic E-state index is 5.63. The zero-order valence-electron chi connectivity index (χ0n) is 11.4. The zero-order chi connectivity index (χ0) is 12.8. The molecule has 0 radical (unpaired) electrons. The summed E-state index contributed by atoms with van der Waals surface area (Å²) < 4.78 is 5.26. The molecular weight excluding hydrogens is 212 g/mol. The molecule has 3 nitrogen and oxygen atoms in total. The van der Waals surface area contributed by atoms with Gasteiger partial charge in [0.25, 0.3) is 0 Å². The monoisotopic (exact) mass is 236 g/mol. The molecule has 0 saturated carbocycles. The van der Waals surface area contributed by atoms with Crippen LogP contribution in [-0.4, -0.2) is 32.1 Å². The molecule has 0 aliphatic rings. The molecule has 0 aromatic heterocycles. The van der Waals surface area contributed by atoms with Crippen molar-refractivity contribution in [2.45, 2.75) is 20.4 Å². The summed E-state index contributed by atoms with van der Waals surface area (Å²) in [5, 5.41) is 0. The van der Waals surface area contributed by atoms with E-state index < -0.39 is 0 Å². The van der Waals surface area contributed by atoms with E-state index in [0.29, 0.717) is 5.92 Å². The normalized spacial score (nSPS) is 12.8. The Morgan fingerprint density at radius 2 is 2.12 bits per heavy atom. The summed E-state index contributed by atoms with van der Waals surface area (Å²) in [6.45, 7) is 6.98. The highest BCUT2D eigenvalue weighted by molar-refractivity contribution is 5.36. The van der Waals surface area contributed by atoms with E-state index in [4.69, 9.17) is 10.5 Å². The van der Waals surface area contributed by atoms with Crippen molar-refractivity contribution in [3.63, 3.8) is 0 Å². The van der Waals surface area contributed by atoms with Gasteiger partial charge in [-0.15, -0.1) is 0 Å². The van der Waals surface area contributed by atoms with Crippen molar-refractivity contribution < 1.29 is 4.74 Å². The molecule has 0 aliphatic heterocycles. The summed E-state index contributed by atoms with van der Waals surface area (Å²) >= 11 is 0. The molecule has 1 aromatic carbocycles. The first-order valence-electron chi connectivity index (χ1n) is 6.09. The zero-order valence-corrected chi connectivity index (χ0v) is 11.4. The maximum absolute atomic E-state index is 5.63. The Bertz CT molecular complexity index is 352. The quantitative estimate of drug-likeness (QED) is 0.821.